The number of hydrogen-bond donors (Lipinski definition) is 1. The summed E-state index contributed by atoms with van der Waals surface area (Å²) in [5, 5.41) is 9.45. The second-order valence-electron chi connectivity index (χ2n) is 4.22. The summed E-state index contributed by atoms with van der Waals surface area (Å²) >= 11 is 0. The fraction of sp³-hybridized carbons (Fsp3) is 0.154. The van der Waals surface area contributed by atoms with E-state index in [9.17, 15) is 13.5 Å². The first kappa shape index (κ1) is 13.5. The Balaban J connectivity index is 2.67. The van der Waals surface area contributed by atoms with Crippen molar-refractivity contribution in [2.75, 3.05) is 14.1 Å². The first-order valence-corrected chi connectivity index (χ1v) is 7.03. The van der Waals surface area contributed by atoms with Gasteiger partial charge in [-0.1, -0.05) is 18.2 Å². The molecule has 0 bridgehead atoms. The molecular weight excluding hydrogens is 264 g/mol. The van der Waals surface area contributed by atoms with Crippen molar-refractivity contribution in [3.8, 4) is 16.9 Å². The molecule has 5 nitrogen and oxygen atoms in total. The molecule has 0 radical (unpaired) electrons. The van der Waals surface area contributed by atoms with Crippen LogP contribution >= 0.6 is 0 Å². The lowest BCUT2D eigenvalue weighted by Crippen LogP contribution is -2.22. The minimum atomic E-state index is -3.54. The summed E-state index contributed by atoms with van der Waals surface area (Å²) in [5.41, 5.74) is 1.07. The van der Waals surface area contributed by atoms with Crippen molar-refractivity contribution in [3.05, 3.63) is 42.7 Å². The molecule has 1 heterocycles. The smallest absolute Gasteiger partial charge is 0.243 e. The molecule has 1 N–H and O–H groups in total. The Hall–Kier alpha value is -1.92. The average Bonchev–Trinajstić information content (AvgIpc) is 2.38. The summed E-state index contributed by atoms with van der Waals surface area (Å²) in [6.45, 7) is 0. The second kappa shape index (κ2) is 4.99. The van der Waals surface area contributed by atoms with Crippen molar-refractivity contribution < 1.29 is 13.5 Å². The molecule has 0 aliphatic carbocycles. The van der Waals surface area contributed by atoms with E-state index in [1.54, 1.807) is 18.2 Å². The Kier molecular flexibility index (Phi) is 3.55. The van der Waals surface area contributed by atoms with Crippen molar-refractivity contribution in [1.29, 1.82) is 0 Å². The SMILES string of the molecule is CN(C)S(=O)(=O)c1ccccc1-c1cncc(O)c1. The maximum absolute atomic E-state index is 12.3. The number of benzene rings is 1. The van der Waals surface area contributed by atoms with Gasteiger partial charge in [-0.25, -0.2) is 12.7 Å². The van der Waals surface area contributed by atoms with Crippen LogP contribution in [0.25, 0.3) is 11.1 Å². The Morgan fingerprint density at radius 1 is 1.16 bits per heavy atom. The molecule has 1 aromatic carbocycles. The van der Waals surface area contributed by atoms with Crippen LogP contribution < -0.4 is 0 Å². The molecule has 0 fully saturated rings. The van der Waals surface area contributed by atoms with Gasteiger partial charge in [0.05, 0.1) is 11.1 Å². The lowest BCUT2D eigenvalue weighted by molar-refractivity contribution is 0.473. The van der Waals surface area contributed by atoms with Crippen LogP contribution in [0.5, 0.6) is 5.75 Å². The molecule has 0 aliphatic rings. The van der Waals surface area contributed by atoms with Gasteiger partial charge >= 0.3 is 0 Å². The lowest BCUT2D eigenvalue weighted by Gasteiger charge is -2.15. The number of aromatic nitrogens is 1. The Bertz CT molecular complexity index is 697. The molecule has 0 saturated heterocycles. The number of nitrogens with zero attached hydrogens (tertiary/aromatic N) is 2. The van der Waals surface area contributed by atoms with Gasteiger partial charge in [0.15, 0.2) is 0 Å². The second-order valence-corrected chi connectivity index (χ2v) is 6.34. The molecular formula is C13H14N2O3S. The third-order valence-corrected chi connectivity index (χ3v) is 4.55. The van der Waals surface area contributed by atoms with E-state index >= 15 is 0 Å². The summed E-state index contributed by atoms with van der Waals surface area (Å²) in [7, 11) is -0.587. The number of hydrogen-bond acceptors (Lipinski definition) is 4. The third kappa shape index (κ3) is 2.59. The molecule has 0 aliphatic heterocycles. The van der Waals surface area contributed by atoms with Crippen LogP contribution in [0.4, 0.5) is 0 Å². The van der Waals surface area contributed by atoms with E-state index in [1.807, 2.05) is 0 Å². The monoisotopic (exact) mass is 278 g/mol. The van der Waals surface area contributed by atoms with Crippen molar-refractivity contribution >= 4 is 10.0 Å². The van der Waals surface area contributed by atoms with Gasteiger partial charge in [-0.05, 0) is 12.1 Å². The van der Waals surface area contributed by atoms with E-state index in [0.717, 1.165) is 4.31 Å². The predicted octanol–water partition coefficient (Wildman–Crippen LogP) is 1.70. The van der Waals surface area contributed by atoms with E-state index in [4.69, 9.17) is 0 Å². The minimum Gasteiger partial charge on any atom is -0.506 e. The van der Waals surface area contributed by atoms with Gasteiger partial charge in [-0.3, -0.25) is 4.98 Å². The van der Waals surface area contributed by atoms with Gasteiger partial charge in [-0.2, -0.15) is 0 Å². The van der Waals surface area contributed by atoms with Crippen LogP contribution in [0.15, 0.2) is 47.6 Å². The highest BCUT2D eigenvalue weighted by Gasteiger charge is 2.21. The van der Waals surface area contributed by atoms with Crippen LogP contribution in [0.3, 0.4) is 0 Å². The first-order chi connectivity index (χ1) is 8.93. The standard InChI is InChI=1S/C13H14N2O3S/c1-15(2)19(17,18)13-6-4-3-5-12(13)10-7-11(16)9-14-8-10/h3-9,16H,1-2H3. The van der Waals surface area contributed by atoms with Crippen LogP contribution in [-0.4, -0.2) is 36.9 Å². The molecule has 6 heteroatoms. The van der Waals surface area contributed by atoms with Crippen molar-refractivity contribution in [1.82, 2.24) is 9.29 Å². The molecule has 2 rings (SSSR count). The average molecular weight is 278 g/mol. The maximum atomic E-state index is 12.3. The van der Waals surface area contributed by atoms with Crippen molar-refractivity contribution in [3.63, 3.8) is 0 Å². The largest absolute Gasteiger partial charge is 0.506 e. The number of rotatable bonds is 3. The van der Waals surface area contributed by atoms with Gasteiger partial charge in [0.1, 0.15) is 5.75 Å². The molecule has 0 atom stereocenters. The van der Waals surface area contributed by atoms with E-state index in [-0.39, 0.29) is 10.6 Å². The maximum Gasteiger partial charge on any atom is 0.243 e. The summed E-state index contributed by atoms with van der Waals surface area (Å²) in [6.07, 6.45) is 2.82. The van der Waals surface area contributed by atoms with Crippen LogP contribution in [0, 0.1) is 0 Å². The lowest BCUT2D eigenvalue weighted by atomic mass is 10.1. The molecule has 0 unspecified atom stereocenters. The highest BCUT2D eigenvalue weighted by molar-refractivity contribution is 7.89. The molecule has 100 valence electrons. The van der Waals surface area contributed by atoms with Gasteiger partial charge in [0.25, 0.3) is 0 Å². The normalized spacial score (nSPS) is 11.7. The number of sulfonamides is 1. The Labute approximate surface area is 112 Å². The summed E-state index contributed by atoms with van der Waals surface area (Å²) in [5.74, 6) is -0.00504. The highest BCUT2D eigenvalue weighted by atomic mass is 32.2. The Morgan fingerprint density at radius 3 is 2.47 bits per heavy atom. The van der Waals surface area contributed by atoms with E-state index in [0.29, 0.717) is 11.1 Å². The van der Waals surface area contributed by atoms with Crippen LogP contribution in [-0.2, 0) is 10.0 Å². The fourth-order valence-electron chi connectivity index (χ4n) is 1.70. The summed E-state index contributed by atoms with van der Waals surface area (Å²) in [6, 6.07) is 8.11. The topological polar surface area (TPSA) is 70.5 Å². The fourth-order valence-corrected chi connectivity index (χ4v) is 2.81. The zero-order chi connectivity index (χ0) is 14.0. The van der Waals surface area contributed by atoms with Crippen LogP contribution in [0.2, 0.25) is 0 Å². The first-order valence-electron chi connectivity index (χ1n) is 5.59. The van der Waals surface area contributed by atoms with Crippen molar-refractivity contribution in [2.45, 2.75) is 4.90 Å². The molecule has 2 aromatic rings. The van der Waals surface area contributed by atoms with Crippen LogP contribution in [0.1, 0.15) is 0 Å². The zero-order valence-electron chi connectivity index (χ0n) is 10.6. The number of aromatic hydroxyl groups is 1. The quantitative estimate of drug-likeness (QED) is 0.927. The zero-order valence-corrected chi connectivity index (χ0v) is 11.4. The van der Waals surface area contributed by atoms with Gasteiger partial charge < -0.3 is 5.11 Å². The van der Waals surface area contributed by atoms with Crippen molar-refractivity contribution in [2.24, 2.45) is 0 Å². The molecule has 0 amide bonds. The van der Waals surface area contributed by atoms with E-state index in [2.05, 4.69) is 4.98 Å². The molecule has 1 aromatic heterocycles. The summed E-state index contributed by atoms with van der Waals surface area (Å²) in [4.78, 5) is 4.06. The van der Waals surface area contributed by atoms with E-state index < -0.39 is 10.0 Å². The van der Waals surface area contributed by atoms with Gasteiger partial charge in [0.2, 0.25) is 10.0 Å². The number of pyridine rings is 1. The Morgan fingerprint density at radius 2 is 1.84 bits per heavy atom. The molecule has 0 saturated carbocycles. The third-order valence-electron chi connectivity index (χ3n) is 2.68. The van der Waals surface area contributed by atoms with Gasteiger partial charge in [-0.15, -0.1) is 0 Å². The predicted molar refractivity (Wildman–Crippen MR) is 72.2 cm³/mol. The summed E-state index contributed by atoms with van der Waals surface area (Å²) < 4.78 is 25.7. The van der Waals surface area contributed by atoms with E-state index in [1.165, 1.54) is 38.6 Å². The molecule has 0 spiro atoms. The highest BCUT2D eigenvalue weighted by Crippen LogP contribution is 2.29. The minimum absolute atomic E-state index is 0.00504. The van der Waals surface area contributed by atoms with Gasteiger partial charge in [0, 0.05) is 31.4 Å². The molecule has 19 heavy (non-hydrogen) atoms.